The summed E-state index contributed by atoms with van der Waals surface area (Å²) < 4.78 is 39.7. The van der Waals surface area contributed by atoms with Gasteiger partial charge in [-0.2, -0.15) is 13.2 Å². The van der Waals surface area contributed by atoms with Gasteiger partial charge in [-0.1, -0.05) is 30.3 Å². The lowest BCUT2D eigenvalue weighted by Gasteiger charge is -2.24. The molecule has 2 amide bonds. The zero-order valence-corrected chi connectivity index (χ0v) is 16.7. The van der Waals surface area contributed by atoms with E-state index >= 15 is 0 Å². The SMILES string of the molecule is CC(=O)Nc1ccc(CN2CCC(=O)N(Cc3ccccc3C(F)(F)F)CC2)cc1. The van der Waals surface area contributed by atoms with Gasteiger partial charge in [0.2, 0.25) is 11.8 Å². The van der Waals surface area contributed by atoms with E-state index in [-0.39, 0.29) is 30.3 Å². The Kier molecular flexibility index (Phi) is 6.77. The van der Waals surface area contributed by atoms with Crippen LogP contribution in [-0.2, 0) is 28.9 Å². The van der Waals surface area contributed by atoms with Crippen molar-refractivity contribution in [1.29, 1.82) is 0 Å². The molecule has 30 heavy (non-hydrogen) atoms. The second-order valence-corrected chi connectivity index (χ2v) is 7.37. The van der Waals surface area contributed by atoms with Gasteiger partial charge in [0.05, 0.1) is 5.56 Å². The zero-order chi connectivity index (χ0) is 21.7. The highest BCUT2D eigenvalue weighted by atomic mass is 19.4. The average molecular weight is 419 g/mol. The number of benzene rings is 2. The molecule has 1 N–H and O–H groups in total. The van der Waals surface area contributed by atoms with Crippen molar-refractivity contribution >= 4 is 17.5 Å². The molecule has 0 bridgehead atoms. The van der Waals surface area contributed by atoms with Crippen molar-refractivity contribution in [1.82, 2.24) is 9.80 Å². The largest absolute Gasteiger partial charge is 0.416 e. The molecule has 1 aliphatic heterocycles. The molecule has 2 aromatic rings. The number of nitrogens with zero attached hydrogens (tertiary/aromatic N) is 2. The Morgan fingerprint density at radius 3 is 2.37 bits per heavy atom. The number of amides is 2. The lowest BCUT2D eigenvalue weighted by molar-refractivity contribution is -0.139. The fraction of sp³-hybridized carbons (Fsp3) is 0.364. The number of anilines is 1. The molecule has 0 saturated carbocycles. The minimum atomic E-state index is -4.44. The van der Waals surface area contributed by atoms with Crippen LogP contribution in [0.5, 0.6) is 0 Å². The van der Waals surface area contributed by atoms with E-state index in [1.807, 2.05) is 24.3 Å². The molecular weight excluding hydrogens is 395 g/mol. The van der Waals surface area contributed by atoms with E-state index in [2.05, 4.69) is 10.2 Å². The Hall–Kier alpha value is -2.87. The number of carbonyl (C=O) groups is 2. The average Bonchev–Trinajstić information content (AvgIpc) is 2.85. The molecule has 1 fully saturated rings. The van der Waals surface area contributed by atoms with Crippen molar-refractivity contribution in [2.75, 3.05) is 25.0 Å². The molecule has 8 heteroatoms. The number of carbonyl (C=O) groups excluding carboxylic acids is 2. The van der Waals surface area contributed by atoms with Crippen molar-refractivity contribution in [3.8, 4) is 0 Å². The maximum absolute atomic E-state index is 13.2. The summed E-state index contributed by atoms with van der Waals surface area (Å²) >= 11 is 0. The van der Waals surface area contributed by atoms with Crippen LogP contribution in [0.25, 0.3) is 0 Å². The standard InChI is InChI=1S/C22H24F3N3O2/c1-16(29)26-19-8-6-17(7-9-19)14-27-11-10-21(30)28(13-12-27)15-18-4-2-3-5-20(18)22(23,24)25/h2-9H,10-15H2,1H3,(H,26,29). The number of hydrogen-bond donors (Lipinski definition) is 1. The van der Waals surface area contributed by atoms with Gasteiger partial charge in [-0.3, -0.25) is 14.5 Å². The second-order valence-electron chi connectivity index (χ2n) is 7.37. The van der Waals surface area contributed by atoms with Gasteiger partial charge in [-0.25, -0.2) is 0 Å². The molecule has 0 spiro atoms. The lowest BCUT2D eigenvalue weighted by atomic mass is 10.1. The predicted octanol–water partition coefficient (Wildman–Crippen LogP) is 3.90. The summed E-state index contributed by atoms with van der Waals surface area (Å²) in [5, 5.41) is 2.71. The molecule has 0 unspecified atom stereocenters. The molecule has 1 heterocycles. The van der Waals surface area contributed by atoms with Crippen molar-refractivity contribution in [3.63, 3.8) is 0 Å². The number of rotatable bonds is 5. The van der Waals surface area contributed by atoms with Gasteiger partial charge in [0.1, 0.15) is 0 Å². The summed E-state index contributed by atoms with van der Waals surface area (Å²) in [6.45, 7) is 3.52. The first-order valence-electron chi connectivity index (χ1n) is 9.74. The van der Waals surface area contributed by atoms with Crippen LogP contribution in [0.2, 0.25) is 0 Å². The topological polar surface area (TPSA) is 52.7 Å². The Balaban J connectivity index is 1.62. The molecule has 2 aromatic carbocycles. The molecule has 0 radical (unpaired) electrons. The number of alkyl halides is 3. The predicted molar refractivity (Wildman–Crippen MR) is 108 cm³/mol. The number of halogens is 3. The van der Waals surface area contributed by atoms with Crippen LogP contribution in [0.1, 0.15) is 30.0 Å². The molecule has 0 aromatic heterocycles. The quantitative estimate of drug-likeness (QED) is 0.800. The molecule has 160 valence electrons. The van der Waals surface area contributed by atoms with E-state index in [0.29, 0.717) is 31.9 Å². The van der Waals surface area contributed by atoms with E-state index < -0.39 is 11.7 Å². The van der Waals surface area contributed by atoms with Gasteiger partial charge >= 0.3 is 6.18 Å². The fourth-order valence-corrected chi connectivity index (χ4v) is 3.53. The van der Waals surface area contributed by atoms with Crippen LogP contribution >= 0.6 is 0 Å². The Bertz CT molecular complexity index is 897. The first kappa shape index (κ1) is 21.8. The smallest absolute Gasteiger partial charge is 0.337 e. The Morgan fingerprint density at radius 1 is 1.00 bits per heavy atom. The Labute approximate surface area is 173 Å². The fourth-order valence-electron chi connectivity index (χ4n) is 3.53. The van der Waals surface area contributed by atoms with Gasteiger partial charge in [0, 0.05) is 51.8 Å². The highest BCUT2D eigenvalue weighted by Crippen LogP contribution is 2.32. The second kappa shape index (κ2) is 9.30. The lowest BCUT2D eigenvalue weighted by Crippen LogP contribution is -2.33. The zero-order valence-electron chi connectivity index (χ0n) is 16.7. The Morgan fingerprint density at radius 2 is 1.70 bits per heavy atom. The third-order valence-electron chi connectivity index (χ3n) is 5.05. The third-order valence-corrected chi connectivity index (χ3v) is 5.05. The van der Waals surface area contributed by atoms with Crippen LogP contribution in [0.4, 0.5) is 18.9 Å². The summed E-state index contributed by atoms with van der Waals surface area (Å²) in [5.74, 6) is -0.281. The van der Waals surface area contributed by atoms with Gasteiger partial charge in [0.15, 0.2) is 0 Å². The van der Waals surface area contributed by atoms with E-state index in [9.17, 15) is 22.8 Å². The minimum absolute atomic E-state index is 0.0478. The van der Waals surface area contributed by atoms with Crippen LogP contribution in [0.3, 0.4) is 0 Å². The first-order chi connectivity index (χ1) is 14.2. The molecule has 1 saturated heterocycles. The van der Waals surface area contributed by atoms with Crippen LogP contribution in [0.15, 0.2) is 48.5 Å². The van der Waals surface area contributed by atoms with E-state index in [1.54, 1.807) is 6.07 Å². The third kappa shape index (κ3) is 5.82. The van der Waals surface area contributed by atoms with Gasteiger partial charge < -0.3 is 10.2 Å². The number of hydrogen-bond acceptors (Lipinski definition) is 3. The highest BCUT2D eigenvalue weighted by Gasteiger charge is 2.34. The van der Waals surface area contributed by atoms with Crippen molar-refractivity contribution in [3.05, 3.63) is 65.2 Å². The van der Waals surface area contributed by atoms with E-state index in [0.717, 1.165) is 11.6 Å². The van der Waals surface area contributed by atoms with Crippen LogP contribution < -0.4 is 5.32 Å². The normalized spacial score (nSPS) is 15.7. The molecular formula is C22H24F3N3O2. The summed E-state index contributed by atoms with van der Waals surface area (Å²) in [4.78, 5) is 27.2. The monoisotopic (exact) mass is 419 g/mol. The van der Waals surface area contributed by atoms with Crippen molar-refractivity contribution in [2.24, 2.45) is 0 Å². The van der Waals surface area contributed by atoms with Gasteiger partial charge in [-0.05, 0) is 29.3 Å². The summed E-state index contributed by atoms with van der Waals surface area (Å²) in [6.07, 6.45) is -4.18. The van der Waals surface area contributed by atoms with E-state index in [1.165, 1.54) is 24.0 Å². The molecule has 0 aliphatic carbocycles. The minimum Gasteiger partial charge on any atom is -0.337 e. The number of nitrogens with one attached hydrogen (secondary N) is 1. The van der Waals surface area contributed by atoms with Gasteiger partial charge in [0.25, 0.3) is 0 Å². The first-order valence-corrected chi connectivity index (χ1v) is 9.74. The summed E-state index contributed by atoms with van der Waals surface area (Å²) in [6, 6.07) is 12.9. The molecule has 1 aliphatic rings. The van der Waals surface area contributed by atoms with E-state index in [4.69, 9.17) is 0 Å². The molecule has 3 rings (SSSR count). The summed E-state index contributed by atoms with van der Waals surface area (Å²) in [5.41, 5.74) is 1.16. The highest BCUT2D eigenvalue weighted by molar-refractivity contribution is 5.88. The molecule has 5 nitrogen and oxygen atoms in total. The van der Waals surface area contributed by atoms with Crippen molar-refractivity contribution in [2.45, 2.75) is 32.6 Å². The van der Waals surface area contributed by atoms with Gasteiger partial charge in [-0.15, -0.1) is 0 Å². The maximum atomic E-state index is 13.2. The van der Waals surface area contributed by atoms with Crippen molar-refractivity contribution < 1.29 is 22.8 Å². The van der Waals surface area contributed by atoms with Crippen LogP contribution in [-0.4, -0.2) is 41.2 Å². The van der Waals surface area contributed by atoms with Crippen LogP contribution in [0, 0.1) is 0 Å². The maximum Gasteiger partial charge on any atom is 0.416 e. The summed E-state index contributed by atoms with van der Waals surface area (Å²) in [7, 11) is 0. The molecule has 0 atom stereocenters.